The lowest BCUT2D eigenvalue weighted by atomic mass is 9.92. The Morgan fingerprint density at radius 1 is 0.980 bits per heavy atom. The fraction of sp³-hybridized carbons (Fsp3) is 0.436. The van der Waals surface area contributed by atoms with Crippen molar-refractivity contribution < 1.29 is 26.9 Å². The molecule has 4 unspecified atom stereocenters. The first-order valence-corrected chi connectivity index (χ1v) is 18.9. The second-order valence-electron chi connectivity index (χ2n) is 13.4. The third-order valence-electron chi connectivity index (χ3n) is 10.5. The topological polar surface area (TPSA) is 112 Å². The number of benzene rings is 3. The Kier molecular flexibility index (Phi) is 10.0. The van der Waals surface area contributed by atoms with Crippen LogP contribution in [0.4, 0.5) is 5.69 Å². The first kappa shape index (κ1) is 34.9. The lowest BCUT2D eigenvalue weighted by molar-refractivity contribution is -0.146. The summed E-state index contributed by atoms with van der Waals surface area (Å²) in [6.45, 7) is 17.6. The normalized spacial score (nSPS) is 20.2. The number of nitrogens with one attached hydrogen (secondary N) is 1. The van der Waals surface area contributed by atoms with Crippen LogP contribution in [0.15, 0.2) is 76.1 Å². The number of fused-ring (bicyclic) bond motifs is 4. The van der Waals surface area contributed by atoms with Gasteiger partial charge in [-0.25, -0.2) is 9.37 Å². The number of anilines is 1. The van der Waals surface area contributed by atoms with Crippen molar-refractivity contribution >= 4 is 32.7 Å². The summed E-state index contributed by atoms with van der Waals surface area (Å²) in [4.78, 5) is 14.2. The van der Waals surface area contributed by atoms with Gasteiger partial charge in [-0.2, -0.15) is 8.42 Å². The van der Waals surface area contributed by atoms with Gasteiger partial charge in [0.15, 0.2) is 0 Å². The van der Waals surface area contributed by atoms with E-state index in [1.54, 1.807) is 19.1 Å². The van der Waals surface area contributed by atoms with E-state index in [0.717, 1.165) is 73.0 Å². The summed E-state index contributed by atoms with van der Waals surface area (Å²) in [5.74, 6) is 0.984. The molecule has 2 N–H and O–H groups in total. The number of carbonyl (C=O) groups is 1. The first-order valence-electron chi connectivity index (χ1n) is 17.5. The van der Waals surface area contributed by atoms with Crippen molar-refractivity contribution in [2.75, 3.05) is 31.1 Å². The van der Waals surface area contributed by atoms with Crippen molar-refractivity contribution in [1.82, 2.24) is 9.89 Å². The third-order valence-corrected chi connectivity index (χ3v) is 11.4. The molecular weight excluding hydrogens is 639 g/mol. The van der Waals surface area contributed by atoms with Crippen molar-refractivity contribution in [3.05, 3.63) is 77.7 Å². The van der Waals surface area contributed by atoms with Crippen molar-refractivity contribution in [2.45, 2.75) is 77.5 Å². The molecule has 2 aromatic carbocycles. The summed E-state index contributed by atoms with van der Waals surface area (Å²) in [5, 5.41) is 5.40. The molecule has 9 nitrogen and oxygen atoms in total. The Hall–Kier alpha value is -3.99. The first-order chi connectivity index (χ1) is 23.4. The van der Waals surface area contributed by atoms with Crippen LogP contribution in [-0.4, -0.2) is 57.3 Å². The van der Waals surface area contributed by atoms with Crippen LogP contribution in [0.2, 0.25) is 0 Å². The molecule has 49 heavy (non-hydrogen) atoms. The SMILES string of the molecule is C=C(C)C(=O)OC1CC2CC1CC2NCc1ccc(-c2c3ccc(=[N+](CC)CC)cc-3oc3cc(N(CC)CC)ccc23)c(S(=O)(=O)O)c1. The molecule has 0 spiro atoms. The average Bonchev–Trinajstić information content (AvgIpc) is 3.67. The predicted octanol–water partition coefficient (Wildman–Crippen LogP) is 6.49. The summed E-state index contributed by atoms with van der Waals surface area (Å²) < 4.78 is 51.3. The van der Waals surface area contributed by atoms with Crippen molar-refractivity contribution in [3.63, 3.8) is 0 Å². The van der Waals surface area contributed by atoms with E-state index in [0.29, 0.717) is 46.4 Å². The van der Waals surface area contributed by atoms with Gasteiger partial charge in [0.25, 0.3) is 10.1 Å². The van der Waals surface area contributed by atoms with Crippen LogP contribution in [0, 0.1) is 11.8 Å². The van der Waals surface area contributed by atoms with Gasteiger partial charge >= 0.3 is 5.97 Å². The van der Waals surface area contributed by atoms with Crippen molar-refractivity contribution in [3.8, 4) is 22.5 Å². The van der Waals surface area contributed by atoms with E-state index in [1.165, 1.54) is 0 Å². The molecule has 1 heterocycles. The van der Waals surface area contributed by atoms with E-state index < -0.39 is 10.1 Å². The minimum absolute atomic E-state index is 0.0777. The smallest absolute Gasteiger partial charge is 0.333 e. The maximum Gasteiger partial charge on any atom is 0.333 e. The van der Waals surface area contributed by atoms with Crippen molar-refractivity contribution in [2.24, 2.45) is 11.8 Å². The molecule has 2 saturated carbocycles. The standard InChI is InChI=1S/C39H47N3O6S/c1-7-41(8-2)28-12-15-30-35(21-28)47-36-22-29(42(9-3)10-4)13-16-31(36)38(30)32-14-11-25(17-37(32)49(44,45)46)23-40-33-19-27-18-26(33)20-34(27)48-39(43)24(5)6/h11-17,21-22,26-27,33-34,40H,5,7-10,18-20,23H2,1-4,6H3/p+1. The highest BCUT2D eigenvalue weighted by Crippen LogP contribution is 2.47. The van der Waals surface area contributed by atoms with E-state index in [2.05, 4.69) is 49.1 Å². The van der Waals surface area contributed by atoms with Gasteiger partial charge in [0.2, 0.25) is 5.36 Å². The Labute approximate surface area is 289 Å². The largest absolute Gasteiger partial charge is 0.459 e. The number of hydrogen-bond acceptors (Lipinski definition) is 7. The Morgan fingerprint density at radius 2 is 1.71 bits per heavy atom. The number of rotatable bonds is 12. The molecule has 0 radical (unpaired) electrons. The van der Waals surface area contributed by atoms with E-state index in [-0.39, 0.29) is 23.0 Å². The van der Waals surface area contributed by atoms with Gasteiger partial charge in [-0.05, 0) is 95.5 Å². The Morgan fingerprint density at radius 3 is 2.35 bits per heavy atom. The average molecular weight is 687 g/mol. The summed E-state index contributed by atoms with van der Waals surface area (Å²) in [7, 11) is -4.60. The summed E-state index contributed by atoms with van der Waals surface area (Å²) in [6.07, 6.45) is 2.61. The Balaban J connectivity index is 1.39. The summed E-state index contributed by atoms with van der Waals surface area (Å²) >= 11 is 0. The van der Waals surface area contributed by atoms with Gasteiger partial charge in [0, 0.05) is 71.1 Å². The van der Waals surface area contributed by atoms with Gasteiger partial charge in [0.05, 0.1) is 6.07 Å². The highest BCUT2D eigenvalue weighted by Gasteiger charge is 2.47. The zero-order valence-electron chi connectivity index (χ0n) is 29.2. The molecule has 1 aliphatic heterocycles. The maximum atomic E-state index is 13.1. The van der Waals surface area contributed by atoms with Crippen LogP contribution < -0.4 is 20.1 Å². The Bertz CT molecular complexity index is 2040. The molecule has 260 valence electrons. The molecule has 2 aromatic rings. The van der Waals surface area contributed by atoms with Gasteiger partial charge in [-0.1, -0.05) is 18.7 Å². The zero-order valence-corrected chi connectivity index (χ0v) is 30.0. The van der Waals surface area contributed by atoms with E-state index in [4.69, 9.17) is 9.15 Å². The van der Waals surface area contributed by atoms with Gasteiger partial charge in [-0.3, -0.25) is 4.55 Å². The number of ether oxygens (including phenoxy) is 1. The van der Waals surface area contributed by atoms with Crippen LogP contribution in [-0.2, 0) is 26.2 Å². The van der Waals surface area contributed by atoms with E-state index in [1.807, 2.05) is 42.5 Å². The summed E-state index contributed by atoms with van der Waals surface area (Å²) in [5.41, 5.74) is 4.71. The molecular formula is C39H48N3O6S+. The lowest BCUT2D eigenvalue weighted by Gasteiger charge is -2.28. The number of carbonyl (C=O) groups excluding carboxylic acids is 1. The molecule has 2 bridgehead atoms. The van der Waals surface area contributed by atoms with Crippen molar-refractivity contribution in [1.29, 1.82) is 0 Å². The third kappa shape index (κ3) is 6.91. The molecule has 2 fully saturated rings. The van der Waals surface area contributed by atoms with Crippen LogP contribution in [0.1, 0.15) is 59.4 Å². The molecule has 4 atom stereocenters. The van der Waals surface area contributed by atoms with Crippen LogP contribution in [0.25, 0.3) is 33.4 Å². The number of nitrogens with zero attached hydrogens (tertiary/aromatic N) is 2. The molecule has 4 aliphatic rings. The van der Waals surface area contributed by atoms with E-state index in [9.17, 15) is 17.8 Å². The van der Waals surface area contributed by atoms with Gasteiger partial charge in [-0.15, -0.1) is 0 Å². The quantitative estimate of drug-likeness (QED) is 0.0573. The van der Waals surface area contributed by atoms with Gasteiger partial charge < -0.3 is 19.4 Å². The minimum Gasteiger partial charge on any atom is -0.459 e. The fourth-order valence-electron chi connectivity index (χ4n) is 7.93. The second-order valence-corrected chi connectivity index (χ2v) is 14.8. The van der Waals surface area contributed by atoms with Crippen LogP contribution in [0.5, 0.6) is 0 Å². The highest BCUT2D eigenvalue weighted by molar-refractivity contribution is 7.86. The molecule has 0 amide bonds. The van der Waals surface area contributed by atoms with Crippen LogP contribution >= 0.6 is 0 Å². The fourth-order valence-corrected chi connectivity index (χ4v) is 8.68. The number of hydrogen-bond donors (Lipinski definition) is 2. The maximum absolute atomic E-state index is 13.1. The van der Waals surface area contributed by atoms with Crippen LogP contribution in [0.3, 0.4) is 0 Å². The monoisotopic (exact) mass is 686 g/mol. The zero-order chi connectivity index (χ0) is 35.0. The molecule has 0 aromatic heterocycles. The second kappa shape index (κ2) is 14.1. The molecule has 10 heteroatoms. The lowest BCUT2D eigenvalue weighted by Crippen LogP contribution is -2.38. The molecule has 3 aliphatic carbocycles. The van der Waals surface area contributed by atoms with Gasteiger partial charge in [0.1, 0.15) is 35.4 Å². The van der Waals surface area contributed by atoms with E-state index >= 15 is 0 Å². The minimum atomic E-state index is -4.60. The molecule has 6 rings (SSSR count). The number of esters is 1. The predicted molar refractivity (Wildman–Crippen MR) is 194 cm³/mol. The molecule has 0 saturated heterocycles. The highest BCUT2D eigenvalue weighted by atomic mass is 32.2. The summed E-state index contributed by atoms with van der Waals surface area (Å²) in [6, 6.07) is 17.6.